The molecule has 0 radical (unpaired) electrons. The van der Waals surface area contributed by atoms with E-state index in [9.17, 15) is 4.21 Å². The highest BCUT2D eigenvalue weighted by atomic mass is 79.9. The molecule has 0 amide bonds. The molecule has 7 heteroatoms. The van der Waals surface area contributed by atoms with Crippen LogP contribution in [0.1, 0.15) is 11.4 Å². The second-order valence-electron chi connectivity index (χ2n) is 4.14. The third-order valence-corrected chi connectivity index (χ3v) is 5.11. The molecule has 1 atom stereocenters. The summed E-state index contributed by atoms with van der Waals surface area (Å²) >= 11 is 9.51. The van der Waals surface area contributed by atoms with Crippen LogP contribution in [0.25, 0.3) is 0 Å². The van der Waals surface area contributed by atoms with E-state index in [2.05, 4.69) is 21.0 Å². The minimum atomic E-state index is -1.26. The van der Waals surface area contributed by atoms with E-state index in [4.69, 9.17) is 17.3 Å². The van der Waals surface area contributed by atoms with E-state index in [0.29, 0.717) is 15.6 Å². The lowest BCUT2D eigenvalue weighted by molar-refractivity contribution is 0.676. The standard InChI is InChI=1S/C12H13BrClN3OS/c1-7-12(14)10(17(2)16-7)6-19(18)11-5-8(13)3-4-9(11)15/h3-5H,6,15H2,1-2H3. The molecule has 102 valence electrons. The predicted molar refractivity (Wildman–Crippen MR) is 81.6 cm³/mol. The first kappa shape index (κ1) is 14.6. The Morgan fingerprint density at radius 3 is 2.79 bits per heavy atom. The molecule has 0 bridgehead atoms. The number of benzene rings is 1. The molecule has 4 nitrogen and oxygen atoms in total. The van der Waals surface area contributed by atoms with Gasteiger partial charge in [-0.25, -0.2) is 0 Å². The molecule has 0 aliphatic carbocycles. The summed E-state index contributed by atoms with van der Waals surface area (Å²) in [5, 5.41) is 4.77. The highest BCUT2D eigenvalue weighted by Crippen LogP contribution is 2.26. The molecule has 2 aromatic rings. The summed E-state index contributed by atoms with van der Waals surface area (Å²) < 4.78 is 14.9. The van der Waals surface area contributed by atoms with Crippen LogP contribution in [0.15, 0.2) is 27.6 Å². The van der Waals surface area contributed by atoms with Crippen LogP contribution >= 0.6 is 27.5 Å². The molecule has 0 spiro atoms. The largest absolute Gasteiger partial charge is 0.398 e. The Kier molecular flexibility index (Phi) is 4.32. The third kappa shape index (κ3) is 3.01. The van der Waals surface area contributed by atoms with Gasteiger partial charge in [0.1, 0.15) is 0 Å². The van der Waals surface area contributed by atoms with Crippen molar-refractivity contribution in [1.82, 2.24) is 9.78 Å². The second kappa shape index (κ2) is 5.64. The lowest BCUT2D eigenvalue weighted by Gasteiger charge is -2.07. The zero-order chi connectivity index (χ0) is 14.2. The molecular formula is C12H13BrClN3OS. The van der Waals surface area contributed by atoms with Crippen LogP contribution < -0.4 is 5.73 Å². The number of nitrogens with zero attached hydrogens (tertiary/aromatic N) is 2. The minimum Gasteiger partial charge on any atom is -0.398 e. The van der Waals surface area contributed by atoms with Crippen LogP contribution in [0.2, 0.25) is 5.02 Å². The van der Waals surface area contributed by atoms with Crippen molar-refractivity contribution >= 4 is 44.0 Å². The van der Waals surface area contributed by atoms with Gasteiger partial charge in [0, 0.05) is 17.2 Å². The fourth-order valence-electron chi connectivity index (χ4n) is 1.74. The Bertz CT molecular complexity index is 657. The topological polar surface area (TPSA) is 60.9 Å². The normalized spacial score (nSPS) is 12.6. The number of halogens is 2. The predicted octanol–water partition coefficient (Wildman–Crippen LogP) is 3.03. The zero-order valence-electron chi connectivity index (χ0n) is 10.5. The van der Waals surface area contributed by atoms with Gasteiger partial charge >= 0.3 is 0 Å². The van der Waals surface area contributed by atoms with E-state index < -0.39 is 10.8 Å². The third-order valence-electron chi connectivity index (χ3n) is 2.75. The van der Waals surface area contributed by atoms with Crippen molar-refractivity contribution < 1.29 is 4.21 Å². The number of hydrogen-bond acceptors (Lipinski definition) is 3. The Morgan fingerprint density at radius 1 is 1.53 bits per heavy atom. The second-order valence-corrected chi connectivity index (χ2v) is 6.85. The molecule has 1 aromatic carbocycles. The summed E-state index contributed by atoms with van der Waals surface area (Å²) in [4.78, 5) is 0.601. The number of nitrogens with two attached hydrogens (primary N) is 1. The molecule has 1 aromatic heterocycles. The van der Waals surface area contributed by atoms with E-state index >= 15 is 0 Å². The average molecular weight is 363 g/mol. The Balaban J connectivity index is 2.33. The maximum atomic E-state index is 12.4. The van der Waals surface area contributed by atoms with Crippen LogP contribution in [0.4, 0.5) is 5.69 Å². The van der Waals surface area contributed by atoms with Gasteiger partial charge in [-0.3, -0.25) is 8.89 Å². The first-order valence-electron chi connectivity index (χ1n) is 5.51. The molecule has 2 rings (SSSR count). The Labute approximate surface area is 127 Å². The number of hydrogen-bond donors (Lipinski definition) is 1. The maximum Gasteiger partial charge on any atom is 0.0856 e. The van der Waals surface area contributed by atoms with Crippen LogP contribution in [0, 0.1) is 6.92 Å². The highest BCUT2D eigenvalue weighted by Gasteiger charge is 2.16. The van der Waals surface area contributed by atoms with Crippen molar-refractivity contribution in [3.8, 4) is 0 Å². The van der Waals surface area contributed by atoms with Crippen molar-refractivity contribution in [1.29, 1.82) is 0 Å². The minimum absolute atomic E-state index is 0.289. The van der Waals surface area contributed by atoms with Gasteiger partial charge in [0.05, 0.1) is 37.9 Å². The first-order chi connectivity index (χ1) is 8.90. The van der Waals surface area contributed by atoms with Crippen molar-refractivity contribution in [2.75, 3.05) is 5.73 Å². The fourth-order valence-corrected chi connectivity index (χ4v) is 3.89. The summed E-state index contributed by atoms with van der Waals surface area (Å²) in [7, 11) is 0.524. The van der Waals surface area contributed by atoms with E-state index in [1.54, 1.807) is 23.9 Å². The summed E-state index contributed by atoms with van der Waals surface area (Å²) in [6.07, 6.45) is 0. The van der Waals surface area contributed by atoms with Gasteiger partial charge in [0.15, 0.2) is 0 Å². The van der Waals surface area contributed by atoms with E-state index in [0.717, 1.165) is 15.9 Å². The molecule has 0 saturated carbocycles. The molecule has 1 unspecified atom stereocenters. The van der Waals surface area contributed by atoms with Gasteiger partial charge in [-0.1, -0.05) is 27.5 Å². The fraction of sp³-hybridized carbons (Fsp3) is 0.250. The van der Waals surface area contributed by atoms with Gasteiger partial charge in [0.25, 0.3) is 0 Å². The van der Waals surface area contributed by atoms with Gasteiger partial charge < -0.3 is 5.73 Å². The number of rotatable bonds is 3. The number of aromatic nitrogens is 2. The van der Waals surface area contributed by atoms with E-state index in [-0.39, 0.29) is 5.75 Å². The number of anilines is 1. The van der Waals surface area contributed by atoms with Crippen molar-refractivity contribution in [3.05, 3.63) is 39.1 Å². The molecular weight excluding hydrogens is 350 g/mol. The first-order valence-corrected chi connectivity index (χ1v) is 8.00. The van der Waals surface area contributed by atoms with Gasteiger partial charge in [-0.15, -0.1) is 0 Å². The van der Waals surface area contributed by atoms with Crippen LogP contribution in [0.3, 0.4) is 0 Å². The molecule has 0 aliphatic heterocycles. The summed E-state index contributed by atoms with van der Waals surface area (Å²) in [5.41, 5.74) is 7.85. The lowest BCUT2D eigenvalue weighted by atomic mass is 10.3. The Hall–Kier alpha value is -0.850. The Morgan fingerprint density at radius 2 is 2.21 bits per heavy atom. The van der Waals surface area contributed by atoms with Gasteiger partial charge in [0.2, 0.25) is 0 Å². The van der Waals surface area contributed by atoms with Gasteiger partial charge in [-0.05, 0) is 25.1 Å². The molecule has 19 heavy (non-hydrogen) atoms. The SMILES string of the molecule is Cc1nn(C)c(CS(=O)c2cc(Br)ccc2N)c1Cl. The number of aryl methyl sites for hydroxylation is 2. The van der Waals surface area contributed by atoms with Crippen LogP contribution in [-0.4, -0.2) is 14.0 Å². The number of nitrogen functional groups attached to an aromatic ring is 1. The summed E-state index contributed by atoms with van der Waals surface area (Å²) in [6, 6.07) is 5.31. The van der Waals surface area contributed by atoms with Crippen LogP contribution in [-0.2, 0) is 23.6 Å². The maximum absolute atomic E-state index is 12.4. The molecule has 0 fully saturated rings. The smallest absolute Gasteiger partial charge is 0.0856 e. The van der Waals surface area contributed by atoms with Crippen molar-refractivity contribution in [3.63, 3.8) is 0 Å². The van der Waals surface area contributed by atoms with Crippen LogP contribution in [0.5, 0.6) is 0 Å². The molecule has 1 heterocycles. The highest BCUT2D eigenvalue weighted by molar-refractivity contribution is 9.10. The van der Waals surface area contributed by atoms with E-state index in [1.807, 2.05) is 13.0 Å². The molecule has 2 N–H and O–H groups in total. The molecule has 0 aliphatic rings. The quantitative estimate of drug-likeness (QED) is 0.854. The average Bonchev–Trinajstić information content (AvgIpc) is 2.59. The van der Waals surface area contributed by atoms with Crippen molar-refractivity contribution in [2.24, 2.45) is 7.05 Å². The van der Waals surface area contributed by atoms with Gasteiger partial charge in [-0.2, -0.15) is 5.10 Å². The summed E-state index contributed by atoms with van der Waals surface area (Å²) in [6.45, 7) is 1.82. The van der Waals surface area contributed by atoms with E-state index in [1.165, 1.54) is 0 Å². The molecule has 0 saturated heterocycles. The monoisotopic (exact) mass is 361 g/mol. The van der Waals surface area contributed by atoms with Crippen molar-refractivity contribution in [2.45, 2.75) is 17.6 Å². The lowest BCUT2D eigenvalue weighted by Crippen LogP contribution is -2.05. The zero-order valence-corrected chi connectivity index (χ0v) is 13.6. The summed E-state index contributed by atoms with van der Waals surface area (Å²) in [5.74, 6) is 0.289.